The van der Waals surface area contributed by atoms with Gasteiger partial charge in [-0.25, -0.2) is 4.79 Å². The summed E-state index contributed by atoms with van der Waals surface area (Å²) < 4.78 is 13.4. The number of hydrogen-bond acceptors (Lipinski definition) is 6. The van der Waals surface area contributed by atoms with Crippen LogP contribution in [0.5, 0.6) is 5.75 Å². The second-order valence-electron chi connectivity index (χ2n) is 8.11. The van der Waals surface area contributed by atoms with Gasteiger partial charge in [0.25, 0.3) is 0 Å². The highest BCUT2D eigenvalue weighted by atomic mass is 79.9. The molecular formula is C27H26Br3N3O5. The highest BCUT2D eigenvalue weighted by Crippen LogP contribution is 2.39. The van der Waals surface area contributed by atoms with Crippen LogP contribution in [0.2, 0.25) is 0 Å². The monoisotopic (exact) mass is 709 g/mol. The number of ether oxygens (including phenoxy) is 2. The van der Waals surface area contributed by atoms with Crippen molar-refractivity contribution in [2.75, 3.05) is 23.5 Å². The van der Waals surface area contributed by atoms with Crippen LogP contribution >= 0.6 is 47.8 Å². The summed E-state index contributed by atoms with van der Waals surface area (Å²) in [5, 5.41) is 16.2. The summed E-state index contributed by atoms with van der Waals surface area (Å²) in [5.41, 5.74) is 7.75. The van der Waals surface area contributed by atoms with Crippen LogP contribution < -0.4 is 16.4 Å². The number of amides is 2. The van der Waals surface area contributed by atoms with Gasteiger partial charge in [0.2, 0.25) is 5.91 Å². The molecular weight excluding hydrogens is 686 g/mol. The lowest BCUT2D eigenvalue weighted by atomic mass is 9.99. The molecule has 0 radical (unpaired) electrons. The third-order valence-electron chi connectivity index (χ3n) is 5.43. The first-order chi connectivity index (χ1) is 18.2. The Morgan fingerprint density at radius 2 is 1.74 bits per heavy atom. The zero-order valence-electron chi connectivity index (χ0n) is 20.3. The molecule has 3 rings (SSSR count). The Balaban J connectivity index is 1.73. The fourth-order valence-corrected chi connectivity index (χ4v) is 5.09. The van der Waals surface area contributed by atoms with E-state index in [1.807, 2.05) is 0 Å². The van der Waals surface area contributed by atoms with Gasteiger partial charge in [-0.1, -0.05) is 50.1 Å². The predicted molar refractivity (Wildman–Crippen MR) is 159 cm³/mol. The molecule has 0 aromatic heterocycles. The highest BCUT2D eigenvalue weighted by molar-refractivity contribution is 9.11. The standard InChI is InChI=1S/C27H26Br3N3O5/c1-37-23(8-4-5-9-24(34)33-22-7-3-2-6-21(22)31)26(19-14-17(29)15-20(30)25(19)35)38-27(36)32-18-12-10-16(28)11-13-18/h2-3,5-7,9-15,23,26,35H,4,8,31H2,1H3,(H,32,36)(H,33,34)/b9-5+/t23-,26-/m1/s1. The van der Waals surface area contributed by atoms with Crippen molar-refractivity contribution < 1.29 is 24.2 Å². The van der Waals surface area contributed by atoms with Crippen LogP contribution in [-0.2, 0) is 14.3 Å². The predicted octanol–water partition coefficient (Wildman–Crippen LogP) is 7.54. The van der Waals surface area contributed by atoms with Crippen molar-refractivity contribution in [3.63, 3.8) is 0 Å². The molecule has 5 N–H and O–H groups in total. The molecule has 0 aliphatic rings. The molecule has 3 aromatic carbocycles. The average molecular weight is 712 g/mol. The van der Waals surface area contributed by atoms with E-state index >= 15 is 0 Å². The minimum absolute atomic E-state index is 0.0768. The highest BCUT2D eigenvalue weighted by Gasteiger charge is 2.30. The van der Waals surface area contributed by atoms with Crippen molar-refractivity contribution in [1.82, 2.24) is 0 Å². The molecule has 200 valence electrons. The Labute approximate surface area is 246 Å². The van der Waals surface area contributed by atoms with Crippen molar-refractivity contribution in [1.29, 1.82) is 0 Å². The van der Waals surface area contributed by atoms with Crippen LogP contribution in [-0.4, -0.2) is 30.3 Å². The Morgan fingerprint density at radius 3 is 2.42 bits per heavy atom. The van der Waals surface area contributed by atoms with Crippen LogP contribution in [0.4, 0.5) is 21.9 Å². The number of carbonyl (C=O) groups is 2. The largest absolute Gasteiger partial charge is 0.506 e. The summed E-state index contributed by atoms with van der Waals surface area (Å²) in [5.74, 6) is -0.404. The molecule has 0 aliphatic carbocycles. The number of phenolic OH excluding ortho intramolecular Hbond substituents is 1. The number of anilines is 3. The average Bonchev–Trinajstić information content (AvgIpc) is 2.88. The number of allylic oxidation sites excluding steroid dienone is 1. The molecule has 0 bridgehead atoms. The number of rotatable bonds is 10. The lowest BCUT2D eigenvalue weighted by Gasteiger charge is -2.27. The maximum absolute atomic E-state index is 12.8. The normalized spacial score (nSPS) is 12.6. The number of methoxy groups -OCH3 is 1. The molecule has 0 saturated heterocycles. The molecule has 11 heteroatoms. The molecule has 0 spiro atoms. The Kier molecular flexibility index (Phi) is 11.2. The van der Waals surface area contributed by atoms with Crippen molar-refractivity contribution >= 4 is 76.9 Å². The van der Waals surface area contributed by atoms with Crippen molar-refractivity contribution in [2.45, 2.75) is 25.0 Å². The van der Waals surface area contributed by atoms with E-state index in [1.54, 1.807) is 66.7 Å². The van der Waals surface area contributed by atoms with Gasteiger partial charge >= 0.3 is 6.09 Å². The zero-order valence-corrected chi connectivity index (χ0v) is 25.0. The van der Waals surface area contributed by atoms with Gasteiger partial charge in [-0.3, -0.25) is 10.1 Å². The van der Waals surface area contributed by atoms with Gasteiger partial charge in [-0.2, -0.15) is 0 Å². The van der Waals surface area contributed by atoms with Crippen LogP contribution in [0, 0.1) is 0 Å². The van der Waals surface area contributed by atoms with Crippen LogP contribution in [0.3, 0.4) is 0 Å². The van der Waals surface area contributed by atoms with Crippen LogP contribution in [0.1, 0.15) is 24.5 Å². The molecule has 0 heterocycles. The van der Waals surface area contributed by atoms with Crippen molar-refractivity contribution in [3.8, 4) is 5.75 Å². The van der Waals surface area contributed by atoms with Gasteiger partial charge in [0, 0.05) is 27.3 Å². The lowest BCUT2D eigenvalue weighted by molar-refractivity contribution is -0.111. The van der Waals surface area contributed by atoms with E-state index in [4.69, 9.17) is 15.2 Å². The summed E-state index contributed by atoms with van der Waals surface area (Å²) >= 11 is 10.1. The number of carbonyl (C=O) groups excluding carboxylic acids is 2. The summed E-state index contributed by atoms with van der Waals surface area (Å²) in [4.78, 5) is 25.1. The van der Waals surface area contributed by atoms with Gasteiger partial charge in [0.05, 0.1) is 22.0 Å². The Morgan fingerprint density at radius 1 is 1.03 bits per heavy atom. The summed E-state index contributed by atoms with van der Waals surface area (Å²) in [6.45, 7) is 0. The number of nitrogens with one attached hydrogen (secondary N) is 2. The molecule has 8 nitrogen and oxygen atoms in total. The number of aromatic hydroxyl groups is 1. The number of nitrogens with two attached hydrogens (primary N) is 1. The molecule has 2 amide bonds. The van der Waals surface area contributed by atoms with Gasteiger partial charge in [-0.05, 0) is 83.4 Å². The smallest absolute Gasteiger partial charge is 0.412 e. The number of nitrogen functional groups attached to an aromatic ring is 1. The Bertz CT molecular complexity index is 1300. The van der Waals surface area contributed by atoms with E-state index in [-0.39, 0.29) is 11.7 Å². The lowest BCUT2D eigenvalue weighted by Crippen LogP contribution is -2.28. The number of phenols is 1. The van der Waals surface area contributed by atoms with Gasteiger partial charge in [0.15, 0.2) is 6.10 Å². The first-order valence-corrected chi connectivity index (χ1v) is 13.8. The van der Waals surface area contributed by atoms with E-state index in [2.05, 4.69) is 58.4 Å². The number of halogens is 3. The fourth-order valence-electron chi connectivity index (χ4n) is 3.57. The second kappa shape index (κ2) is 14.3. The molecule has 38 heavy (non-hydrogen) atoms. The maximum atomic E-state index is 12.8. The Hall–Kier alpha value is -2.86. The first-order valence-electron chi connectivity index (χ1n) is 11.4. The van der Waals surface area contributed by atoms with E-state index in [0.717, 1.165) is 4.47 Å². The molecule has 0 aliphatic heterocycles. The number of hydrogen-bond donors (Lipinski definition) is 4. The molecule has 0 unspecified atom stereocenters. The van der Waals surface area contributed by atoms with Crippen LogP contribution in [0.15, 0.2) is 86.2 Å². The third-order valence-corrected chi connectivity index (χ3v) is 7.03. The summed E-state index contributed by atoms with van der Waals surface area (Å²) in [6, 6.07) is 17.3. The van der Waals surface area contributed by atoms with Gasteiger partial charge < -0.3 is 25.6 Å². The van der Waals surface area contributed by atoms with Crippen molar-refractivity contribution in [3.05, 3.63) is 91.8 Å². The number of para-hydroxylation sites is 2. The topological polar surface area (TPSA) is 123 Å². The van der Waals surface area contributed by atoms with E-state index in [0.29, 0.717) is 44.4 Å². The van der Waals surface area contributed by atoms with Gasteiger partial charge in [0.1, 0.15) is 5.75 Å². The first kappa shape index (κ1) is 29.7. The zero-order chi connectivity index (χ0) is 27.7. The molecule has 2 atom stereocenters. The minimum Gasteiger partial charge on any atom is -0.506 e. The molecule has 0 saturated carbocycles. The number of benzene rings is 3. The van der Waals surface area contributed by atoms with E-state index < -0.39 is 18.3 Å². The van der Waals surface area contributed by atoms with E-state index in [1.165, 1.54) is 13.2 Å². The quantitative estimate of drug-likeness (QED) is 0.127. The van der Waals surface area contributed by atoms with Crippen LogP contribution in [0.25, 0.3) is 0 Å². The SMILES string of the molecule is CO[C@H](CC/C=C/C(=O)Nc1ccccc1N)[C@H](OC(=O)Nc1ccc(Br)cc1)c1cc(Br)cc(Br)c1O. The third kappa shape index (κ3) is 8.59. The molecule has 3 aromatic rings. The minimum atomic E-state index is -0.962. The second-order valence-corrected chi connectivity index (χ2v) is 10.8. The van der Waals surface area contributed by atoms with Crippen molar-refractivity contribution in [2.24, 2.45) is 0 Å². The maximum Gasteiger partial charge on any atom is 0.412 e. The fraction of sp³-hybridized carbons (Fsp3) is 0.185. The summed E-state index contributed by atoms with van der Waals surface area (Å²) in [6.07, 6.45) is 1.59. The van der Waals surface area contributed by atoms with E-state index in [9.17, 15) is 14.7 Å². The molecule has 0 fully saturated rings. The summed E-state index contributed by atoms with van der Waals surface area (Å²) in [7, 11) is 1.49. The van der Waals surface area contributed by atoms with Gasteiger partial charge in [-0.15, -0.1) is 0 Å².